The fourth-order valence-corrected chi connectivity index (χ4v) is 1.54. The van der Waals surface area contributed by atoms with Crippen molar-refractivity contribution < 1.29 is 12.8 Å². The van der Waals surface area contributed by atoms with E-state index in [-0.39, 0.29) is 5.75 Å². The molecule has 0 spiro atoms. The van der Waals surface area contributed by atoms with Gasteiger partial charge in [-0.3, -0.25) is 0 Å². The maximum absolute atomic E-state index is 10.5. The van der Waals surface area contributed by atoms with Crippen LogP contribution in [0.3, 0.4) is 0 Å². The van der Waals surface area contributed by atoms with E-state index in [2.05, 4.69) is 4.98 Å². The topological polar surface area (TPSA) is 60.2 Å². The van der Waals surface area contributed by atoms with Gasteiger partial charge in [-0.15, -0.1) is 0 Å². The molecule has 11 heavy (non-hydrogen) atoms. The van der Waals surface area contributed by atoms with E-state index in [1.807, 2.05) is 0 Å². The van der Waals surface area contributed by atoms with Crippen molar-refractivity contribution in [2.75, 3.05) is 0 Å². The summed E-state index contributed by atoms with van der Waals surface area (Å²) in [5.74, 6) is 0.200. The van der Waals surface area contributed by atoms with Crippen LogP contribution in [0.15, 0.2) is 10.8 Å². The Morgan fingerprint density at radius 3 is 2.73 bits per heavy atom. The molecule has 62 valence electrons. The summed E-state index contributed by atoms with van der Waals surface area (Å²) in [6.45, 7) is 1.63. The van der Waals surface area contributed by atoms with Crippen LogP contribution in [0.4, 0.5) is 0 Å². The molecule has 0 saturated carbocycles. The molecule has 4 nitrogen and oxygen atoms in total. The van der Waals surface area contributed by atoms with Crippen molar-refractivity contribution in [3.8, 4) is 0 Å². The Hall–Kier alpha value is -0.550. The number of rotatable bonds is 2. The van der Waals surface area contributed by atoms with Crippen LogP contribution >= 0.6 is 10.7 Å². The Morgan fingerprint density at radius 1 is 1.73 bits per heavy atom. The number of aromatic nitrogens is 1. The van der Waals surface area contributed by atoms with Gasteiger partial charge >= 0.3 is 0 Å². The van der Waals surface area contributed by atoms with Crippen molar-refractivity contribution >= 4 is 19.7 Å². The minimum atomic E-state index is -3.52. The summed E-state index contributed by atoms with van der Waals surface area (Å²) in [7, 11) is 1.47. The quantitative estimate of drug-likeness (QED) is 0.662. The van der Waals surface area contributed by atoms with Crippen molar-refractivity contribution in [2.45, 2.75) is 12.7 Å². The first-order valence-corrected chi connectivity index (χ1v) is 5.28. The van der Waals surface area contributed by atoms with E-state index < -0.39 is 9.05 Å². The highest BCUT2D eigenvalue weighted by Crippen LogP contribution is 2.11. The van der Waals surface area contributed by atoms with Gasteiger partial charge in [0.05, 0.1) is 5.69 Å². The molecule has 0 N–H and O–H groups in total. The van der Waals surface area contributed by atoms with E-state index in [1.165, 1.54) is 6.39 Å². The molecule has 1 rings (SSSR count). The van der Waals surface area contributed by atoms with Gasteiger partial charge in [-0.2, -0.15) is 0 Å². The van der Waals surface area contributed by atoms with Crippen LogP contribution in [0, 0.1) is 6.92 Å². The summed E-state index contributed by atoms with van der Waals surface area (Å²) < 4.78 is 25.8. The second-order valence-electron chi connectivity index (χ2n) is 2.04. The number of hydrogen-bond acceptors (Lipinski definition) is 4. The number of oxazole rings is 1. The molecule has 0 fully saturated rings. The van der Waals surface area contributed by atoms with Gasteiger partial charge in [-0.05, 0) is 6.92 Å². The zero-order valence-electron chi connectivity index (χ0n) is 5.74. The van der Waals surface area contributed by atoms with Crippen molar-refractivity contribution in [1.82, 2.24) is 4.98 Å². The Morgan fingerprint density at radius 2 is 2.36 bits per heavy atom. The second-order valence-corrected chi connectivity index (χ2v) is 4.82. The lowest BCUT2D eigenvalue weighted by atomic mass is 10.4. The van der Waals surface area contributed by atoms with Gasteiger partial charge < -0.3 is 4.42 Å². The average molecular weight is 196 g/mol. The molecular weight excluding hydrogens is 190 g/mol. The highest BCUT2D eigenvalue weighted by atomic mass is 35.7. The number of halogens is 1. The largest absolute Gasteiger partial charge is 0.448 e. The van der Waals surface area contributed by atoms with Crippen LogP contribution in [0.2, 0.25) is 0 Å². The first-order valence-electron chi connectivity index (χ1n) is 2.80. The van der Waals surface area contributed by atoms with Crippen molar-refractivity contribution in [1.29, 1.82) is 0 Å². The third kappa shape index (κ3) is 2.51. The first kappa shape index (κ1) is 8.55. The van der Waals surface area contributed by atoms with Crippen molar-refractivity contribution in [3.05, 3.63) is 17.8 Å². The molecule has 0 unspecified atom stereocenters. The lowest BCUT2D eigenvalue weighted by Gasteiger charge is -1.90. The summed E-state index contributed by atoms with van der Waals surface area (Å²) in [5, 5.41) is 0. The van der Waals surface area contributed by atoms with Crippen molar-refractivity contribution in [3.63, 3.8) is 0 Å². The fourth-order valence-electron chi connectivity index (χ4n) is 0.630. The maximum atomic E-state index is 10.5. The normalized spacial score (nSPS) is 11.8. The zero-order chi connectivity index (χ0) is 8.48. The zero-order valence-corrected chi connectivity index (χ0v) is 7.32. The van der Waals surface area contributed by atoms with E-state index in [0.717, 1.165) is 0 Å². The minimum absolute atomic E-state index is 0.281. The Bertz CT molecular complexity index is 342. The Kier molecular flexibility index (Phi) is 2.20. The summed E-state index contributed by atoms with van der Waals surface area (Å²) in [5.41, 5.74) is 0.361. The highest BCUT2D eigenvalue weighted by molar-refractivity contribution is 8.13. The van der Waals surface area contributed by atoms with Crippen LogP contribution in [0.25, 0.3) is 0 Å². The lowest BCUT2D eigenvalue weighted by Crippen LogP contribution is -1.96. The van der Waals surface area contributed by atoms with E-state index in [9.17, 15) is 8.42 Å². The van der Waals surface area contributed by atoms with Gasteiger partial charge in [0.15, 0.2) is 6.39 Å². The minimum Gasteiger partial charge on any atom is -0.448 e. The van der Waals surface area contributed by atoms with E-state index >= 15 is 0 Å². The number of aryl methyl sites for hydroxylation is 1. The molecule has 0 aliphatic heterocycles. The Labute approximate surface area is 68.6 Å². The predicted molar refractivity (Wildman–Crippen MR) is 39.7 cm³/mol. The highest BCUT2D eigenvalue weighted by Gasteiger charge is 2.12. The second kappa shape index (κ2) is 2.83. The van der Waals surface area contributed by atoms with Gasteiger partial charge in [0.25, 0.3) is 0 Å². The molecule has 1 aromatic rings. The lowest BCUT2D eigenvalue weighted by molar-refractivity contribution is 0.525. The van der Waals surface area contributed by atoms with Crippen molar-refractivity contribution in [2.24, 2.45) is 0 Å². The van der Waals surface area contributed by atoms with Crippen LogP contribution in [0.1, 0.15) is 11.5 Å². The third-order valence-electron chi connectivity index (χ3n) is 1.15. The monoisotopic (exact) mass is 195 g/mol. The van der Waals surface area contributed by atoms with Gasteiger partial charge in [0.1, 0.15) is 11.5 Å². The first-order chi connectivity index (χ1) is 4.99. The SMILES string of the molecule is Cc1ocnc1CS(=O)(=O)Cl. The number of nitrogens with zero attached hydrogens (tertiary/aromatic N) is 1. The molecule has 0 aliphatic rings. The molecule has 0 bridgehead atoms. The standard InChI is InChI=1S/C5H6ClNO3S/c1-4-5(7-3-10-4)2-11(6,8)9/h3H,2H2,1H3. The van der Waals surface area contributed by atoms with E-state index in [4.69, 9.17) is 15.1 Å². The number of hydrogen-bond donors (Lipinski definition) is 0. The van der Waals surface area contributed by atoms with Crippen LogP contribution in [0.5, 0.6) is 0 Å². The molecule has 0 radical (unpaired) electrons. The summed E-state index contributed by atoms with van der Waals surface area (Å²) in [6, 6.07) is 0. The fraction of sp³-hybridized carbons (Fsp3) is 0.400. The molecule has 0 aliphatic carbocycles. The van der Waals surface area contributed by atoms with Gasteiger partial charge in [-0.25, -0.2) is 13.4 Å². The molecule has 0 aromatic carbocycles. The summed E-state index contributed by atoms with van der Waals surface area (Å²) in [6.07, 6.45) is 1.19. The smallest absolute Gasteiger partial charge is 0.238 e. The molecule has 1 heterocycles. The molecule has 1 aromatic heterocycles. The third-order valence-corrected chi connectivity index (χ3v) is 2.10. The molecule has 0 saturated heterocycles. The van der Waals surface area contributed by atoms with Crippen LogP contribution in [-0.4, -0.2) is 13.4 Å². The van der Waals surface area contributed by atoms with Gasteiger partial charge in [0, 0.05) is 10.7 Å². The van der Waals surface area contributed by atoms with Gasteiger partial charge in [-0.1, -0.05) is 0 Å². The summed E-state index contributed by atoms with van der Waals surface area (Å²) >= 11 is 0. The summed E-state index contributed by atoms with van der Waals surface area (Å²) in [4.78, 5) is 3.67. The van der Waals surface area contributed by atoms with Crippen LogP contribution in [-0.2, 0) is 14.8 Å². The van der Waals surface area contributed by atoms with Gasteiger partial charge in [0.2, 0.25) is 9.05 Å². The molecule has 0 atom stereocenters. The Balaban J connectivity index is 2.89. The average Bonchev–Trinajstić information content (AvgIpc) is 2.12. The van der Waals surface area contributed by atoms with Crippen LogP contribution < -0.4 is 0 Å². The molecule has 0 amide bonds. The predicted octanol–water partition coefficient (Wildman–Crippen LogP) is 1.05. The molecular formula is C5H6ClNO3S. The molecule has 6 heteroatoms. The maximum Gasteiger partial charge on any atom is 0.238 e. The van der Waals surface area contributed by atoms with E-state index in [0.29, 0.717) is 11.5 Å². The van der Waals surface area contributed by atoms with E-state index in [1.54, 1.807) is 6.92 Å².